The predicted octanol–water partition coefficient (Wildman–Crippen LogP) is 0.761. The second-order valence-electron chi connectivity index (χ2n) is 7.82. The van der Waals surface area contributed by atoms with Crippen LogP contribution in [0, 0.1) is 17.6 Å². The minimum absolute atomic E-state index is 0.00278. The maximum atomic E-state index is 13.5. The minimum Gasteiger partial charge on any atom is -0.632 e. The summed E-state index contributed by atoms with van der Waals surface area (Å²) in [6.07, 6.45) is 5.70. The van der Waals surface area contributed by atoms with Crippen LogP contribution in [-0.2, 0) is 16.6 Å². The Bertz CT molecular complexity index is 860. The third-order valence-electron chi connectivity index (χ3n) is 6.95. The van der Waals surface area contributed by atoms with Gasteiger partial charge < -0.3 is 24.8 Å². The van der Waals surface area contributed by atoms with Crippen LogP contribution in [0.25, 0.3) is 0 Å². The van der Waals surface area contributed by atoms with E-state index in [1.165, 1.54) is 6.07 Å². The molecule has 0 amide bonds. The van der Waals surface area contributed by atoms with Crippen molar-refractivity contribution < 1.29 is 24.4 Å². The number of aliphatic hydroxyl groups is 1. The molecular weight excluding hydrogens is 322 g/mol. The molecule has 1 spiro atoms. The summed E-state index contributed by atoms with van der Waals surface area (Å²) in [5.41, 5.74) is -0.699. The number of ketones is 1. The first kappa shape index (κ1) is 15.2. The van der Waals surface area contributed by atoms with Crippen molar-refractivity contribution in [3.63, 3.8) is 0 Å². The number of phenolic OH excluding ortho intramolecular Hbond substituents is 1. The number of hydrogen-bond donors (Lipinski definition) is 2. The Balaban J connectivity index is 1.82. The second kappa shape index (κ2) is 4.36. The van der Waals surface area contributed by atoms with Gasteiger partial charge in [0.05, 0.1) is 12.0 Å². The molecule has 1 aromatic rings. The van der Waals surface area contributed by atoms with Crippen LogP contribution in [-0.4, -0.2) is 51.5 Å². The lowest BCUT2D eigenvalue weighted by atomic mass is 9.49. The number of rotatable bonds is 1. The number of piperidine rings is 1. The maximum absolute atomic E-state index is 13.5. The molecule has 1 saturated carbocycles. The fourth-order valence-corrected chi connectivity index (χ4v) is 5.93. The number of likely N-dealkylation sites (tertiary alicyclic amines) is 1. The summed E-state index contributed by atoms with van der Waals surface area (Å²) in [7, 11) is 0. The van der Waals surface area contributed by atoms with Crippen molar-refractivity contribution in [1.82, 2.24) is 0 Å². The number of hydrogen-bond acceptors (Lipinski definition) is 5. The standard InChI is InChI=1S/C19H19NO5/c1-2-8-20(24)9-7-18-15-11-3-4-12(21)16(15)25-17(18)13(22)5-6-19(18,23)14(20)10-11/h1,3-4,14,17,21,23H,5-10H2/t14-,17+,18+,19-,20?/m1/s1. The number of quaternary nitrogens is 1. The van der Waals surface area contributed by atoms with Crippen LogP contribution in [0.15, 0.2) is 12.1 Å². The van der Waals surface area contributed by atoms with E-state index in [0.717, 1.165) is 11.1 Å². The number of carbonyl (C=O) groups is 1. The Morgan fingerprint density at radius 1 is 1.44 bits per heavy atom. The van der Waals surface area contributed by atoms with Gasteiger partial charge in [0, 0.05) is 24.8 Å². The number of aromatic hydroxyl groups is 1. The highest BCUT2D eigenvalue weighted by Gasteiger charge is 2.75. The van der Waals surface area contributed by atoms with Gasteiger partial charge in [-0.15, -0.1) is 6.42 Å². The second-order valence-corrected chi connectivity index (χ2v) is 7.82. The molecule has 0 radical (unpaired) electrons. The van der Waals surface area contributed by atoms with Crippen molar-refractivity contribution in [2.45, 2.75) is 48.8 Å². The summed E-state index contributed by atoms with van der Waals surface area (Å²) in [5, 5.41) is 35.5. The number of Topliss-reactive ketones (excluding diaryl/α,β-unsaturated/α-hetero) is 1. The first-order valence-corrected chi connectivity index (χ1v) is 8.66. The topological polar surface area (TPSA) is 89.8 Å². The van der Waals surface area contributed by atoms with Crippen molar-refractivity contribution in [1.29, 1.82) is 0 Å². The Morgan fingerprint density at radius 3 is 3.00 bits per heavy atom. The van der Waals surface area contributed by atoms with Crippen LogP contribution in [0.1, 0.15) is 30.4 Å². The molecule has 5 atom stereocenters. The van der Waals surface area contributed by atoms with E-state index in [1.54, 1.807) is 6.07 Å². The number of carbonyl (C=O) groups excluding carboxylic acids is 1. The summed E-state index contributed by atoms with van der Waals surface area (Å²) < 4.78 is 5.27. The van der Waals surface area contributed by atoms with Gasteiger partial charge in [-0.3, -0.25) is 4.79 Å². The van der Waals surface area contributed by atoms with Crippen molar-refractivity contribution in [2.24, 2.45) is 0 Å². The molecule has 2 N–H and O–H groups in total. The Morgan fingerprint density at radius 2 is 2.24 bits per heavy atom. The number of nitrogens with zero attached hydrogens (tertiary/aromatic N) is 1. The molecule has 2 aliphatic heterocycles. The van der Waals surface area contributed by atoms with Gasteiger partial charge >= 0.3 is 0 Å². The molecule has 2 bridgehead atoms. The molecule has 2 aliphatic carbocycles. The van der Waals surface area contributed by atoms with Crippen molar-refractivity contribution >= 4 is 5.78 Å². The maximum Gasteiger partial charge on any atom is 0.174 e. The van der Waals surface area contributed by atoms with E-state index >= 15 is 0 Å². The van der Waals surface area contributed by atoms with E-state index in [9.17, 15) is 20.2 Å². The molecule has 2 fully saturated rings. The molecule has 0 aromatic heterocycles. The van der Waals surface area contributed by atoms with Gasteiger partial charge in [-0.25, -0.2) is 0 Å². The van der Waals surface area contributed by atoms with Gasteiger partial charge in [0.15, 0.2) is 23.4 Å². The largest absolute Gasteiger partial charge is 0.632 e. The molecule has 6 nitrogen and oxygen atoms in total. The van der Waals surface area contributed by atoms with Crippen LogP contribution in [0.5, 0.6) is 11.5 Å². The SMILES string of the molecule is C#CC[N+]1([O-])CC[C@]23c4c5ccc(O)c4O[C@H]2C(=O)CC[C@@]3(O)[C@H]1C5. The van der Waals surface area contributed by atoms with Crippen LogP contribution in [0.2, 0.25) is 0 Å². The summed E-state index contributed by atoms with van der Waals surface area (Å²) in [6, 6.07) is 2.69. The molecule has 130 valence electrons. The van der Waals surface area contributed by atoms with Gasteiger partial charge in [-0.1, -0.05) is 6.07 Å². The van der Waals surface area contributed by atoms with Gasteiger partial charge in [-0.05, 0) is 24.0 Å². The van der Waals surface area contributed by atoms with Crippen molar-refractivity contribution in [3.05, 3.63) is 28.5 Å². The zero-order valence-corrected chi connectivity index (χ0v) is 13.7. The third-order valence-corrected chi connectivity index (χ3v) is 6.95. The average Bonchev–Trinajstić information content (AvgIpc) is 2.93. The fourth-order valence-electron chi connectivity index (χ4n) is 5.93. The number of phenols is 1. The molecular formula is C19H19NO5. The first-order valence-electron chi connectivity index (χ1n) is 8.66. The van der Waals surface area contributed by atoms with E-state index in [4.69, 9.17) is 11.2 Å². The summed E-state index contributed by atoms with van der Waals surface area (Å²) >= 11 is 0. The van der Waals surface area contributed by atoms with Gasteiger partial charge in [0.25, 0.3) is 0 Å². The lowest BCUT2D eigenvalue weighted by molar-refractivity contribution is -0.915. The third kappa shape index (κ3) is 1.47. The zero-order valence-electron chi connectivity index (χ0n) is 13.7. The molecule has 25 heavy (non-hydrogen) atoms. The summed E-state index contributed by atoms with van der Waals surface area (Å²) in [5.74, 6) is 2.68. The van der Waals surface area contributed by atoms with E-state index < -0.39 is 27.8 Å². The van der Waals surface area contributed by atoms with Crippen molar-refractivity contribution in [2.75, 3.05) is 13.1 Å². The quantitative estimate of drug-likeness (QED) is 0.447. The molecule has 5 rings (SSSR count). The lowest BCUT2D eigenvalue weighted by Crippen LogP contribution is -2.80. The van der Waals surface area contributed by atoms with E-state index in [2.05, 4.69) is 5.92 Å². The predicted molar refractivity (Wildman–Crippen MR) is 87.7 cm³/mol. The van der Waals surface area contributed by atoms with E-state index in [0.29, 0.717) is 18.6 Å². The normalized spacial score (nSPS) is 43.2. The molecule has 1 aromatic carbocycles. The van der Waals surface area contributed by atoms with Crippen LogP contribution in [0.3, 0.4) is 0 Å². The summed E-state index contributed by atoms with van der Waals surface area (Å²) in [6.45, 7) is 0.238. The molecule has 6 heteroatoms. The number of hydroxylamine groups is 3. The Labute approximate surface area is 145 Å². The van der Waals surface area contributed by atoms with Gasteiger partial charge in [-0.2, -0.15) is 0 Å². The van der Waals surface area contributed by atoms with Crippen LogP contribution >= 0.6 is 0 Å². The van der Waals surface area contributed by atoms with E-state index in [-0.39, 0.29) is 37.5 Å². The number of terminal acetylenes is 1. The Hall–Kier alpha value is -2.07. The highest BCUT2D eigenvalue weighted by atomic mass is 16.6. The van der Waals surface area contributed by atoms with Crippen molar-refractivity contribution in [3.8, 4) is 23.8 Å². The van der Waals surface area contributed by atoms with Gasteiger partial charge in [0.1, 0.15) is 18.2 Å². The zero-order chi connectivity index (χ0) is 17.6. The monoisotopic (exact) mass is 341 g/mol. The number of ether oxygens (including phenoxy) is 1. The highest BCUT2D eigenvalue weighted by Crippen LogP contribution is 2.65. The minimum atomic E-state index is -1.35. The van der Waals surface area contributed by atoms with E-state index in [1.807, 2.05) is 0 Å². The van der Waals surface area contributed by atoms with Crippen LogP contribution in [0.4, 0.5) is 0 Å². The fraction of sp³-hybridized carbons (Fsp3) is 0.526. The molecule has 4 aliphatic rings. The smallest absolute Gasteiger partial charge is 0.174 e. The van der Waals surface area contributed by atoms with Crippen LogP contribution < -0.4 is 4.74 Å². The molecule has 2 heterocycles. The highest BCUT2D eigenvalue weighted by molar-refractivity contribution is 5.90. The summed E-state index contributed by atoms with van der Waals surface area (Å²) in [4.78, 5) is 12.6. The average molecular weight is 341 g/mol. The molecule has 1 unspecified atom stereocenters. The van der Waals surface area contributed by atoms with Gasteiger partial charge in [0.2, 0.25) is 0 Å². The lowest BCUT2D eigenvalue weighted by Gasteiger charge is -2.66. The molecule has 1 saturated heterocycles. The number of benzene rings is 1. The Kier molecular flexibility index (Phi) is 2.65. The first-order chi connectivity index (χ1) is 11.9.